The maximum absolute atomic E-state index is 12.9. The van der Waals surface area contributed by atoms with Crippen LogP contribution in [0.5, 0.6) is 0 Å². The van der Waals surface area contributed by atoms with Crippen molar-refractivity contribution < 1.29 is 14.3 Å². The van der Waals surface area contributed by atoms with Gasteiger partial charge in [0, 0.05) is 25.1 Å². The van der Waals surface area contributed by atoms with E-state index in [1.165, 1.54) is 17.5 Å². The Labute approximate surface area is 191 Å². The van der Waals surface area contributed by atoms with E-state index >= 15 is 0 Å². The highest BCUT2D eigenvalue weighted by Crippen LogP contribution is 2.42. The summed E-state index contributed by atoms with van der Waals surface area (Å²) in [4.78, 5) is 37.5. The minimum atomic E-state index is -0.211. The number of carbonyl (C=O) groups excluding carboxylic acids is 2. The van der Waals surface area contributed by atoms with Gasteiger partial charge >= 0.3 is 5.97 Å². The summed E-state index contributed by atoms with van der Waals surface area (Å²) in [6.07, 6.45) is 8.47. The zero-order valence-corrected chi connectivity index (χ0v) is 18.7. The van der Waals surface area contributed by atoms with Crippen LogP contribution < -0.4 is 4.90 Å². The van der Waals surface area contributed by atoms with Crippen molar-refractivity contribution in [3.05, 3.63) is 53.1 Å². The highest BCUT2D eigenvalue weighted by atomic mass is 16.5. The van der Waals surface area contributed by atoms with E-state index < -0.39 is 0 Å². The predicted molar refractivity (Wildman–Crippen MR) is 120 cm³/mol. The number of piperidine rings is 1. The third-order valence-corrected chi connectivity index (χ3v) is 7.64. The zero-order chi connectivity index (χ0) is 22.6. The highest BCUT2D eigenvalue weighted by molar-refractivity contribution is 5.95. The molecule has 3 aromatic rings. The van der Waals surface area contributed by atoms with Crippen molar-refractivity contribution in [2.75, 3.05) is 31.1 Å². The Morgan fingerprint density at radius 1 is 1.15 bits per heavy atom. The molecule has 170 valence electrons. The number of hydrogen-bond donors (Lipinski definition) is 0. The molecule has 6 rings (SSSR count). The lowest BCUT2D eigenvalue weighted by Gasteiger charge is -2.38. The first-order valence-corrected chi connectivity index (χ1v) is 11.5. The van der Waals surface area contributed by atoms with Crippen LogP contribution in [0.2, 0.25) is 0 Å². The van der Waals surface area contributed by atoms with Crippen LogP contribution in [0.4, 0.5) is 5.82 Å². The molecule has 9 heteroatoms. The number of aromatic nitrogens is 4. The lowest BCUT2D eigenvalue weighted by atomic mass is 9.77. The third kappa shape index (κ3) is 3.47. The smallest absolute Gasteiger partial charge is 0.338 e. The molecular weight excluding hydrogens is 420 g/mol. The first-order valence-electron chi connectivity index (χ1n) is 11.5. The standard InChI is InChI=1S/C24H26N6O3/c1-16-17(2-3-18-19(16)13-33-23(18)32)4-7-28-8-5-24(6-9-28)10-22(31)29(14-24)21-12-30-20(11-25-21)26-15-27-30/h2-3,11-12,15H,4-10,13-14H2,1H3. The van der Waals surface area contributed by atoms with Crippen LogP contribution in [0.15, 0.2) is 30.9 Å². The molecule has 3 aliphatic rings. The maximum atomic E-state index is 12.9. The van der Waals surface area contributed by atoms with Gasteiger partial charge in [-0.2, -0.15) is 5.10 Å². The van der Waals surface area contributed by atoms with Gasteiger partial charge in [-0.05, 0) is 61.9 Å². The van der Waals surface area contributed by atoms with Crippen molar-refractivity contribution in [3.8, 4) is 0 Å². The van der Waals surface area contributed by atoms with E-state index in [1.807, 2.05) is 11.0 Å². The number of ether oxygens (including phenoxy) is 1. The second kappa shape index (κ2) is 7.62. The average molecular weight is 447 g/mol. The van der Waals surface area contributed by atoms with Crippen molar-refractivity contribution in [1.29, 1.82) is 0 Å². The molecule has 2 fully saturated rings. The van der Waals surface area contributed by atoms with Crippen molar-refractivity contribution in [2.45, 2.75) is 39.2 Å². The fourth-order valence-corrected chi connectivity index (χ4v) is 5.49. The number of hydrogen-bond acceptors (Lipinski definition) is 7. The van der Waals surface area contributed by atoms with Crippen LogP contribution in [0, 0.1) is 12.3 Å². The summed E-state index contributed by atoms with van der Waals surface area (Å²) in [7, 11) is 0. The number of nitrogens with zero attached hydrogens (tertiary/aromatic N) is 6. The monoisotopic (exact) mass is 446 g/mol. The van der Waals surface area contributed by atoms with Crippen LogP contribution >= 0.6 is 0 Å². The number of fused-ring (bicyclic) bond motifs is 2. The van der Waals surface area contributed by atoms with Crippen LogP contribution in [0.3, 0.4) is 0 Å². The molecule has 1 amide bonds. The second-order valence-electron chi connectivity index (χ2n) is 9.51. The summed E-state index contributed by atoms with van der Waals surface area (Å²) in [5, 5.41) is 4.16. The summed E-state index contributed by atoms with van der Waals surface area (Å²) >= 11 is 0. The number of likely N-dealkylation sites (tertiary alicyclic amines) is 1. The van der Waals surface area contributed by atoms with Crippen LogP contribution in [0.25, 0.3) is 5.65 Å². The normalized spacial score (nSPS) is 20.1. The number of carbonyl (C=O) groups is 2. The Balaban J connectivity index is 1.08. The van der Waals surface area contributed by atoms with Gasteiger partial charge in [-0.25, -0.2) is 19.3 Å². The molecule has 2 aromatic heterocycles. The van der Waals surface area contributed by atoms with E-state index in [2.05, 4.69) is 33.0 Å². The van der Waals surface area contributed by atoms with Gasteiger partial charge in [0.2, 0.25) is 5.91 Å². The molecule has 9 nitrogen and oxygen atoms in total. The molecule has 0 N–H and O–H groups in total. The van der Waals surface area contributed by atoms with Crippen LogP contribution in [-0.2, 0) is 22.6 Å². The number of benzene rings is 1. The molecule has 0 atom stereocenters. The third-order valence-electron chi connectivity index (χ3n) is 7.64. The van der Waals surface area contributed by atoms with E-state index in [1.54, 1.807) is 16.9 Å². The van der Waals surface area contributed by atoms with Gasteiger partial charge in [-0.1, -0.05) is 6.07 Å². The van der Waals surface area contributed by atoms with Crippen molar-refractivity contribution in [2.24, 2.45) is 5.41 Å². The number of cyclic esters (lactones) is 1. The molecular formula is C24H26N6O3. The Kier molecular flexibility index (Phi) is 4.69. The van der Waals surface area contributed by atoms with Gasteiger partial charge in [0.05, 0.1) is 18.0 Å². The minimum absolute atomic E-state index is 0.0216. The lowest BCUT2D eigenvalue weighted by Crippen LogP contribution is -2.42. The summed E-state index contributed by atoms with van der Waals surface area (Å²) in [6, 6.07) is 3.97. The van der Waals surface area contributed by atoms with E-state index in [9.17, 15) is 9.59 Å². The minimum Gasteiger partial charge on any atom is -0.457 e. The number of anilines is 1. The lowest BCUT2D eigenvalue weighted by molar-refractivity contribution is -0.118. The number of esters is 1. The van der Waals surface area contributed by atoms with Crippen LogP contribution in [0.1, 0.15) is 46.3 Å². The quantitative estimate of drug-likeness (QED) is 0.567. The molecule has 1 spiro atoms. The Morgan fingerprint density at radius 2 is 2.00 bits per heavy atom. The van der Waals surface area contributed by atoms with E-state index in [-0.39, 0.29) is 17.3 Å². The Hall–Kier alpha value is -3.33. The molecule has 33 heavy (non-hydrogen) atoms. The average Bonchev–Trinajstić information content (AvgIpc) is 3.52. The number of amides is 1. The van der Waals surface area contributed by atoms with E-state index in [0.29, 0.717) is 36.6 Å². The topological polar surface area (TPSA) is 92.9 Å². The predicted octanol–water partition coefficient (Wildman–Crippen LogP) is 2.16. The molecule has 0 saturated carbocycles. The molecule has 3 aliphatic heterocycles. The van der Waals surface area contributed by atoms with Gasteiger partial charge in [0.25, 0.3) is 0 Å². The molecule has 0 unspecified atom stereocenters. The van der Waals surface area contributed by atoms with E-state index in [0.717, 1.165) is 44.5 Å². The molecule has 5 heterocycles. The fourth-order valence-electron chi connectivity index (χ4n) is 5.49. The first-order chi connectivity index (χ1) is 16.0. The summed E-state index contributed by atoms with van der Waals surface area (Å²) < 4.78 is 6.84. The summed E-state index contributed by atoms with van der Waals surface area (Å²) in [5.74, 6) is 0.574. The highest BCUT2D eigenvalue weighted by Gasteiger charge is 2.45. The summed E-state index contributed by atoms with van der Waals surface area (Å²) in [5.41, 5.74) is 4.91. The van der Waals surface area contributed by atoms with Gasteiger partial charge in [-0.3, -0.25) is 9.69 Å². The SMILES string of the molecule is Cc1c(CCN2CCC3(CC2)CC(=O)N(c2cn4ncnc4cn2)C3)ccc2c1COC2=O. The van der Waals surface area contributed by atoms with Crippen molar-refractivity contribution >= 4 is 23.3 Å². The largest absolute Gasteiger partial charge is 0.457 e. The van der Waals surface area contributed by atoms with Crippen molar-refractivity contribution in [1.82, 2.24) is 24.5 Å². The first kappa shape index (κ1) is 20.3. The maximum Gasteiger partial charge on any atom is 0.338 e. The van der Waals surface area contributed by atoms with E-state index in [4.69, 9.17) is 4.74 Å². The zero-order valence-electron chi connectivity index (χ0n) is 18.7. The van der Waals surface area contributed by atoms with Gasteiger partial charge in [-0.15, -0.1) is 0 Å². The van der Waals surface area contributed by atoms with Crippen molar-refractivity contribution in [3.63, 3.8) is 0 Å². The molecule has 0 bridgehead atoms. The Morgan fingerprint density at radius 3 is 2.85 bits per heavy atom. The van der Waals surface area contributed by atoms with Gasteiger partial charge < -0.3 is 9.64 Å². The number of rotatable bonds is 4. The Bertz CT molecular complexity index is 1260. The molecule has 0 aliphatic carbocycles. The van der Waals surface area contributed by atoms with Crippen LogP contribution in [-0.4, -0.2) is 62.5 Å². The molecule has 2 saturated heterocycles. The molecule has 1 aromatic carbocycles. The fraction of sp³-hybridized carbons (Fsp3) is 0.458. The second-order valence-corrected chi connectivity index (χ2v) is 9.51. The van der Waals surface area contributed by atoms with Gasteiger partial charge in [0.1, 0.15) is 12.9 Å². The summed E-state index contributed by atoms with van der Waals surface area (Å²) in [6.45, 7) is 6.15. The van der Waals surface area contributed by atoms with Gasteiger partial charge in [0.15, 0.2) is 11.5 Å². The molecule has 0 radical (unpaired) electrons.